The fourth-order valence-electron chi connectivity index (χ4n) is 5.07. The Morgan fingerprint density at radius 1 is 1.07 bits per heavy atom. The van der Waals surface area contributed by atoms with Crippen molar-refractivity contribution in [3.8, 4) is 0 Å². The molecule has 3 amide bonds. The van der Waals surface area contributed by atoms with Gasteiger partial charge in [0.05, 0.1) is 6.42 Å². The minimum atomic E-state index is -1.22. The third-order valence-electron chi connectivity index (χ3n) is 6.84. The number of carboxylic acids is 1. The molecule has 0 saturated carbocycles. The van der Waals surface area contributed by atoms with Crippen LogP contribution in [0.5, 0.6) is 0 Å². The molecule has 0 aromatic heterocycles. The van der Waals surface area contributed by atoms with Crippen molar-refractivity contribution in [2.45, 2.75) is 98.6 Å². The summed E-state index contributed by atoms with van der Waals surface area (Å²) in [7, 11) is 0. The second kappa shape index (κ2) is 14.6. The van der Waals surface area contributed by atoms with Gasteiger partial charge in [0.25, 0.3) is 5.91 Å². The van der Waals surface area contributed by atoms with E-state index in [2.05, 4.69) is 10.6 Å². The van der Waals surface area contributed by atoms with Crippen molar-refractivity contribution < 1.29 is 33.8 Å². The number of ether oxygens (including phenoxy) is 2. The van der Waals surface area contributed by atoms with E-state index in [-0.39, 0.29) is 30.7 Å². The topological polar surface area (TPSA) is 134 Å². The number of nitrogens with one attached hydrogen (secondary N) is 2. The van der Waals surface area contributed by atoms with Gasteiger partial charge in [-0.3, -0.25) is 9.59 Å². The molecule has 0 spiro atoms. The highest BCUT2D eigenvalue weighted by Gasteiger charge is 2.39. The lowest BCUT2D eigenvalue weighted by Crippen LogP contribution is -2.47. The zero-order valence-corrected chi connectivity index (χ0v) is 28.2. The Morgan fingerprint density at radius 2 is 1.76 bits per heavy atom. The predicted molar refractivity (Wildman–Crippen MR) is 173 cm³/mol. The molecular formula is C34H46ClN3O7. The van der Waals surface area contributed by atoms with Crippen LogP contribution in [0.2, 0.25) is 5.02 Å². The van der Waals surface area contributed by atoms with E-state index in [4.69, 9.17) is 21.1 Å². The Bertz CT molecular complexity index is 1400. The molecule has 0 aliphatic carbocycles. The fourth-order valence-corrected chi connectivity index (χ4v) is 5.25. The maximum absolute atomic E-state index is 14.1. The van der Waals surface area contributed by atoms with Gasteiger partial charge >= 0.3 is 12.1 Å². The summed E-state index contributed by atoms with van der Waals surface area (Å²) in [6, 6.07) is 11.5. The second-order valence-electron chi connectivity index (χ2n) is 14.1. The molecule has 0 saturated heterocycles. The Kier molecular flexibility index (Phi) is 11.7. The van der Waals surface area contributed by atoms with Gasteiger partial charge in [0.15, 0.2) is 0 Å². The molecule has 1 aliphatic heterocycles. The Balaban J connectivity index is 2.02. The molecule has 3 N–H and O–H groups in total. The molecule has 3 atom stereocenters. The van der Waals surface area contributed by atoms with Gasteiger partial charge in [-0.05, 0) is 67.9 Å². The molecule has 2 unspecified atom stereocenters. The van der Waals surface area contributed by atoms with E-state index >= 15 is 0 Å². The number of hydrogen-bond acceptors (Lipinski definition) is 6. The average molecular weight is 644 g/mol. The number of rotatable bonds is 10. The number of aliphatic carboxylic acids is 1. The number of fused-ring (bicyclic) bond motifs is 1. The van der Waals surface area contributed by atoms with Crippen LogP contribution in [0.25, 0.3) is 0 Å². The highest BCUT2D eigenvalue weighted by Crippen LogP contribution is 2.41. The standard InChI is InChI=1S/C34H46ClN3O7/c1-20(2)14-25(31(41)42)37-28(39)17-27-30(40)38(19-33(3,4)5)26-13-12-23(35)16-24(26)29(44-27)22-11-9-10-21(15-22)18-36-32(43)45-34(6,7)8/h9-13,15-16,20,25,27,29H,14,17-19H2,1-8H3,(H,36,43)(H,37,39)(H,41,42)/t25-,27?,29?/m0/s1. The van der Waals surface area contributed by atoms with Crippen molar-refractivity contribution in [3.05, 3.63) is 64.2 Å². The third kappa shape index (κ3) is 10.7. The second-order valence-corrected chi connectivity index (χ2v) is 14.5. The van der Waals surface area contributed by atoms with Crippen molar-refractivity contribution in [3.63, 3.8) is 0 Å². The van der Waals surface area contributed by atoms with Gasteiger partial charge in [0, 0.05) is 29.4 Å². The molecule has 1 heterocycles. The zero-order chi connectivity index (χ0) is 33.7. The molecule has 1 aliphatic rings. The first-order valence-corrected chi connectivity index (χ1v) is 15.5. The lowest BCUT2D eigenvalue weighted by molar-refractivity contribution is -0.144. The summed E-state index contributed by atoms with van der Waals surface area (Å²) in [5.74, 6) is -2.12. The highest BCUT2D eigenvalue weighted by molar-refractivity contribution is 6.30. The largest absolute Gasteiger partial charge is 0.480 e. The number of carbonyl (C=O) groups excluding carboxylic acids is 3. The van der Waals surface area contributed by atoms with Gasteiger partial charge in [0.1, 0.15) is 23.9 Å². The SMILES string of the molecule is CC(C)C[C@H](NC(=O)CC1OC(c2cccc(CNC(=O)OC(C)(C)C)c2)c2cc(Cl)ccc2N(CC(C)(C)C)C1=O)C(=O)O. The average Bonchev–Trinajstić information content (AvgIpc) is 3.00. The van der Waals surface area contributed by atoms with Gasteiger partial charge in [-0.25, -0.2) is 9.59 Å². The first-order chi connectivity index (χ1) is 20.8. The van der Waals surface area contributed by atoms with Gasteiger partial charge in [0.2, 0.25) is 5.91 Å². The minimum Gasteiger partial charge on any atom is -0.480 e. The van der Waals surface area contributed by atoms with Crippen LogP contribution in [-0.2, 0) is 30.4 Å². The van der Waals surface area contributed by atoms with Crippen molar-refractivity contribution in [1.82, 2.24) is 10.6 Å². The monoisotopic (exact) mass is 643 g/mol. The first-order valence-electron chi connectivity index (χ1n) is 15.2. The van der Waals surface area contributed by atoms with Crippen molar-refractivity contribution in [2.24, 2.45) is 11.3 Å². The van der Waals surface area contributed by atoms with E-state index < -0.39 is 47.7 Å². The predicted octanol–water partition coefficient (Wildman–Crippen LogP) is 6.24. The van der Waals surface area contributed by atoms with Gasteiger partial charge in [-0.2, -0.15) is 0 Å². The van der Waals surface area contributed by atoms with Crippen LogP contribution in [-0.4, -0.2) is 53.3 Å². The lowest BCUT2D eigenvalue weighted by Gasteiger charge is -2.31. The minimum absolute atomic E-state index is 0.0325. The van der Waals surface area contributed by atoms with E-state index in [0.717, 1.165) is 5.56 Å². The summed E-state index contributed by atoms with van der Waals surface area (Å²) in [4.78, 5) is 53.1. The van der Waals surface area contributed by atoms with Crippen molar-refractivity contribution in [1.29, 1.82) is 0 Å². The number of halogens is 1. The number of anilines is 1. The van der Waals surface area contributed by atoms with Crippen LogP contribution in [0.3, 0.4) is 0 Å². The summed E-state index contributed by atoms with van der Waals surface area (Å²) in [6.07, 6.45) is -2.71. The molecule has 45 heavy (non-hydrogen) atoms. The van der Waals surface area contributed by atoms with E-state index in [9.17, 15) is 24.3 Å². The number of hydrogen-bond donors (Lipinski definition) is 3. The number of amides is 3. The Hall–Kier alpha value is -3.63. The number of nitrogens with zero attached hydrogens (tertiary/aromatic N) is 1. The van der Waals surface area contributed by atoms with E-state index in [0.29, 0.717) is 28.4 Å². The van der Waals surface area contributed by atoms with Gasteiger partial charge in [-0.15, -0.1) is 0 Å². The third-order valence-corrected chi connectivity index (χ3v) is 7.07. The number of carbonyl (C=O) groups is 4. The quantitative estimate of drug-likeness (QED) is 0.279. The summed E-state index contributed by atoms with van der Waals surface area (Å²) in [6.45, 7) is 15.6. The fraction of sp³-hybridized carbons (Fsp3) is 0.529. The molecule has 0 fully saturated rings. The molecule has 2 aromatic rings. The molecule has 2 aromatic carbocycles. The van der Waals surface area contributed by atoms with E-state index in [1.54, 1.807) is 43.9 Å². The van der Waals surface area contributed by atoms with Crippen LogP contribution in [0.1, 0.15) is 91.0 Å². The maximum Gasteiger partial charge on any atom is 0.407 e. The van der Waals surface area contributed by atoms with Crippen molar-refractivity contribution in [2.75, 3.05) is 11.4 Å². The molecule has 246 valence electrons. The highest BCUT2D eigenvalue weighted by atomic mass is 35.5. The summed E-state index contributed by atoms with van der Waals surface area (Å²) >= 11 is 6.48. The van der Waals surface area contributed by atoms with Crippen LogP contribution in [0.15, 0.2) is 42.5 Å². The normalized spacial score (nSPS) is 17.7. The Labute approximate surface area is 270 Å². The molecule has 0 radical (unpaired) electrons. The molecule has 3 rings (SSSR count). The first kappa shape index (κ1) is 35.8. The summed E-state index contributed by atoms with van der Waals surface area (Å²) in [5, 5.41) is 15.4. The van der Waals surface area contributed by atoms with Crippen LogP contribution >= 0.6 is 11.6 Å². The van der Waals surface area contributed by atoms with Crippen LogP contribution in [0.4, 0.5) is 10.5 Å². The lowest BCUT2D eigenvalue weighted by atomic mass is 9.94. The number of alkyl carbamates (subject to hydrolysis) is 1. The maximum atomic E-state index is 14.1. The smallest absolute Gasteiger partial charge is 0.407 e. The Morgan fingerprint density at radius 3 is 2.36 bits per heavy atom. The molecule has 10 nitrogen and oxygen atoms in total. The van der Waals surface area contributed by atoms with E-state index in [1.165, 1.54) is 0 Å². The number of carboxylic acid groups (broad SMARTS) is 1. The van der Waals surface area contributed by atoms with Crippen LogP contribution in [0, 0.1) is 11.3 Å². The molecule has 11 heteroatoms. The van der Waals surface area contributed by atoms with Crippen LogP contribution < -0.4 is 15.5 Å². The van der Waals surface area contributed by atoms with Crippen molar-refractivity contribution >= 4 is 41.2 Å². The number of benzene rings is 2. The van der Waals surface area contributed by atoms with Gasteiger partial charge < -0.3 is 30.1 Å². The van der Waals surface area contributed by atoms with E-state index in [1.807, 2.05) is 58.9 Å². The summed E-state index contributed by atoms with van der Waals surface area (Å²) in [5.41, 5.74) is 1.74. The zero-order valence-electron chi connectivity index (χ0n) is 27.4. The molecular weight excluding hydrogens is 598 g/mol. The molecule has 0 bridgehead atoms. The summed E-state index contributed by atoms with van der Waals surface area (Å²) < 4.78 is 11.9. The van der Waals surface area contributed by atoms with Gasteiger partial charge in [-0.1, -0.05) is 70.5 Å².